The molecule has 1 amide bonds. The topological polar surface area (TPSA) is 101 Å². The third kappa shape index (κ3) is 2.40. The number of carbonyl (C=O) groups is 1. The number of hydrogen-bond donors (Lipinski definition) is 1. The van der Waals surface area contributed by atoms with Gasteiger partial charge in [-0.2, -0.15) is 10.1 Å². The van der Waals surface area contributed by atoms with Crippen molar-refractivity contribution in [3.05, 3.63) is 35.2 Å². The summed E-state index contributed by atoms with van der Waals surface area (Å²) in [6, 6.07) is 1.73. The quantitative estimate of drug-likeness (QED) is 0.787. The number of aromatic nitrogens is 5. The molecule has 0 spiro atoms. The Kier molecular flexibility index (Phi) is 3.13. The molecule has 3 aromatic rings. The lowest BCUT2D eigenvalue weighted by Gasteiger charge is -2.22. The summed E-state index contributed by atoms with van der Waals surface area (Å²) in [7, 11) is 0. The Morgan fingerprint density at radius 3 is 3.08 bits per heavy atom. The maximum Gasteiger partial charge on any atom is 0.256 e. The minimum absolute atomic E-state index is 0.0460. The second-order valence-corrected chi connectivity index (χ2v) is 6.87. The largest absolute Gasteiger partial charge is 0.339 e. The van der Waals surface area contributed by atoms with Crippen LogP contribution in [-0.2, 0) is 0 Å². The zero-order chi connectivity index (χ0) is 17.0. The lowest BCUT2D eigenvalue weighted by atomic mass is 10.1. The highest BCUT2D eigenvalue weighted by Gasteiger charge is 2.36. The van der Waals surface area contributed by atoms with Gasteiger partial charge in [0.25, 0.3) is 5.91 Å². The number of fused-ring (bicyclic) bond motifs is 1. The Morgan fingerprint density at radius 2 is 2.24 bits per heavy atom. The van der Waals surface area contributed by atoms with Crippen molar-refractivity contribution in [1.29, 1.82) is 0 Å². The minimum atomic E-state index is -0.120. The summed E-state index contributed by atoms with van der Waals surface area (Å²) in [4.78, 5) is 23.7. The Labute approximate surface area is 143 Å². The van der Waals surface area contributed by atoms with Crippen LogP contribution in [0.15, 0.2) is 16.8 Å². The lowest BCUT2D eigenvalue weighted by Crippen LogP contribution is -2.31. The zero-order valence-corrected chi connectivity index (χ0v) is 13.9. The van der Waals surface area contributed by atoms with E-state index in [0.717, 1.165) is 36.8 Å². The van der Waals surface area contributed by atoms with E-state index in [4.69, 9.17) is 4.52 Å². The lowest BCUT2D eigenvalue weighted by molar-refractivity contribution is 0.0728. The number of H-pyrrole nitrogens is 1. The van der Waals surface area contributed by atoms with Gasteiger partial charge in [0.2, 0.25) is 5.89 Å². The Bertz CT molecular complexity index is 957. The highest BCUT2D eigenvalue weighted by Crippen LogP contribution is 2.40. The summed E-state index contributed by atoms with van der Waals surface area (Å²) in [5.74, 6) is 1.71. The van der Waals surface area contributed by atoms with Gasteiger partial charge in [0.15, 0.2) is 11.5 Å². The van der Waals surface area contributed by atoms with Crippen LogP contribution in [0.2, 0.25) is 0 Å². The third-order valence-corrected chi connectivity index (χ3v) is 5.04. The van der Waals surface area contributed by atoms with Crippen LogP contribution in [0.5, 0.6) is 0 Å². The molecular formula is C17H18N6O2. The van der Waals surface area contributed by atoms with Crippen LogP contribution in [0.3, 0.4) is 0 Å². The van der Waals surface area contributed by atoms with Gasteiger partial charge in [-0.25, -0.2) is 4.98 Å². The minimum Gasteiger partial charge on any atom is -0.339 e. The van der Waals surface area contributed by atoms with E-state index in [9.17, 15) is 4.79 Å². The summed E-state index contributed by atoms with van der Waals surface area (Å²) in [5.41, 5.74) is 2.09. The normalized spacial score (nSPS) is 20.5. The highest BCUT2D eigenvalue weighted by atomic mass is 16.5. The van der Waals surface area contributed by atoms with Crippen molar-refractivity contribution in [2.24, 2.45) is 0 Å². The van der Waals surface area contributed by atoms with Crippen LogP contribution in [0, 0.1) is 6.92 Å². The molecule has 3 aromatic heterocycles. The molecule has 8 nitrogen and oxygen atoms in total. The predicted molar refractivity (Wildman–Crippen MR) is 87.9 cm³/mol. The first-order valence-corrected chi connectivity index (χ1v) is 8.66. The molecule has 25 heavy (non-hydrogen) atoms. The first-order chi connectivity index (χ1) is 12.2. The molecule has 2 fully saturated rings. The van der Waals surface area contributed by atoms with Gasteiger partial charge in [0, 0.05) is 29.7 Å². The number of pyridine rings is 1. The Morgan fingerprint density at radius 1 is 1.36 bits per heavy atom. The third-order valence-electron chi connectivity index (χ3n) is 5.04. The number of aromatic amines is 1. The fraction of sp³-hybridized carbons (Fsp3) is 0.471. The molecule has 0 radical (unpaired) electrons. The molecule has 1 saturated carbocycles. The van der Waals surface area contributed by atoms with Gasteiger partial charge >= 0.3 is 0 Å². The fourth-order valence-corrected chi connectivity index (χ4v) is 3.46. The van der Waals surface area contributed by atoms with E-state index in [1.54, 1.807) is 6.20 Å². The first kappa shape index (κ1) is 14.6. The zero-order valence-electron chi connectivity index (χ0n) is 13.9. The van der Waals surface area contributed by atoms with E-state index in [0.29, 0.717) is 35.4 Å². The van der Waals surface area contributed by atoms with Gasteiger partial charge in [-0.15, -0.1) is 0 Å². The molecular weight excluding hydrogens is 320 g/mol. The van der Waals surface area contributed by atoms with Crippen LogP contribution in [0.1, 0.15) is 65.4 Å². The van der Waals surface area contributed by atoms with Crippen LogP contribution in [-0.4, -0.2) is 42.7 Å². The van der Waals surface area contributed by atoms with E-state index in [1.165, 1.54) is 0 Å². The highest BCUT2D eigenvalue weighted by molar-refractivity contribution is 5.97. The monoisotopic (exact) mass is 338 g/mol. The molecule has 0 bridgehead atoms. The molecule has 0 unspecified atom stereocenters. The van der Waals surface area contributed by atoms with Crippen LogP contribution < -0.4 is 0 Å². The molecule has 8 heteroatoms. The number of likely N-dealkylation sites (tertiary alicyclic amines) is 1. The number of amides is 1. The average molecular weight is 338 g/mol. The Hall–Kier alpha value is -2.77. The van der Waals surface area contributed by atoms with Crippen molar-refractivity contribution in [1.82, 2.24) is 30.2 Å². The number of aryl methyl sites for hydroxylation is 1. The van der Waals surface area contributed by atoms with Crippen molar-refractivity contribution < 1.29 is 9.32 Å². The number of hydrogen-bond acceptors (Lipinski definition) is 6. The van der Waals surface area contributed by atoms with Gasteiger partial charge in [-0.05, 0) is 38.7 Å². The average Bonchev–Trinajstić information content (AvgIpc) is 3.04. The second kappa shape index (κ2) is 5.37. The molecule has 1 atom stereocenters. The molecule has 2 aliphatic rings. The maximum atomic E-state index is 13.0. The van der Waals surface area contributed by atoms with E-state index >= 15 is 0 Å². The van der Waals surface area contributed by atoms with Crippen LogP contribution >= 0.6 is 0 Å². The van der Waals surface area contributed by atoms with Crippen molar-refractivity contribution in [3.63, 3.8) is 0 Å². The smallest absolute Gasteiger partial charge is 0.256 e. The molecule has 0 aromatic carbocycles. The molecule has 1 aliphatic carbocycles. The maximum absolute atomic E-state index is 13.0. The fourth-order valence-electron chi connectivity index (χ4n) is 3.46. The molecule has 128 valence electrons. The first-order valence-electron chi connectivity index (χ1n) is 8.66. The van der Waals surface area contributed by atoms with Crippen molar-refractivity contribution in [3.8, 4) is 0 Å². The van der Waals surface area contributed by atoms with E-state index in [-0.39, 0.29) is 11.9 Å². The second-order valence-electron chi connectivity index (χ2n) is 6.87. The van der Waals surface area contributed by atoms with Crippen LogP contribution in [0.25, 0.3) is 11.0 Å². The standard InChI is InChI=1S/C17H18N6O2/c1-9-12-7-11(8-18-14(12)21-20-9)17(24)23-6-2-3-13(23)15-19-16(25-22-15)10-4-5-10/h7-8,10,13H,2-6H2,1H3,(H,18,20,21)/t13-/m1/s1. The van der Waals surface area contributed by atoms with Crippen molar-refractivity contribution >= 4 is 16.9 Å². The summed E-state index contributed by atoms with van der Waals surface area (Å²) < 4.78 is 5.37. The van der Waals surface area contributed by atoms with Gasteiger partial charge in [0.1, 0.15) is 0 Å². The number of carbonyl (C=O) groups excluding carboxylic acids is 1. The van der Waals surface area contributed by atoms with Gasteiger partial charge < -0.3 is 9.42 Å². The summed E-state index contributed by atoms with van der Waals surface area (Å²) in [5, 5.41) is 12.0. The number of rotatable bonds is 3. The summed E-state index contributed by atoms with van der Waals surface area (Å²) in [6.07, 6.45) is 5.61. The number of nitrogens with one attached hydrogen (secondary N) is 1. The summed E-state index contributed by atoms with van der Waals surface area (Å²) >= 11 is 0. The van der Waals surface area contributed by atoms with Gasteiger partial charge in [0.05, 0.1) is 11.6 Å². The van der Waals surface area contributed by atoms with E-state index in [2.05, 4.69) is 25.3 Å². The van der Waals surface area contributed by atoms with Gasteiger partial charge in [-0.3, -0.25) is 9.89 Å². The molecule has 1 N–H and O–H groups in total. The van der Waals surface area contributed by atoms with E-state index in [1.807, 2.05) is 17.9 Å². The van der Waals surface area contributed by atoms with Gasteiger partial charge in [-0.1, -0.05) is 5.16 Å². The summed E-state index contributed by atoms with van der Waals surface area (Å²) in [6.45, 7) is 2.61. The predicted octanol–water partition coefficient (Wildman–Crippen LogP) is 2.50. The van der Waals surface area contributed by atoms with E-state index < -0.39 is 0 Å². The molecule has 5 rings (SSSR count). The number of nitrogens with zero attached hydrogens (tertiary/aromatic N) is 5. The molecule has 4 heterocycles. The van der Waals surface area contributed by atoms with Crippen molar-refractivity contribution in [2.75, 3.05) is 6.54 Å². The SMILES string of the molecule is Cc1[nH]nc2ncc(C(=O)N3CCC[C@@H]3c3noc(C4CC4)n3)cc12. The molecule has 1 saturated heterocycles. The molecule has 1 aliphatic heterocycles. The Balaban J connectivity index is 1.44. The van der Waals surface area contributed by atoms with Crippen LogP contribution in [0.4, 0.5) is 0 Å². The van der Waals surface area contributed by atoms with Crippen molar-refractivity contribution in [2.45, 2.75) is 44.6 Å².